The zero-order valence-electron chi connectivity index (χ0n) is 11.8. The van der Waals surface area contributed by atoms with Gasteiger partial charge in [0.1, 0.15) is 0 Å². The molecule has 2 heterocycles. The van der Waals surface area contributed by atoms with E-state index in [0.717, 1.165) is 19.0 Å². The molecule has 0 bridgehead atoms. The number of likely N-dealkylation sites (tertiary alicyclic amines) is 1. The van der Waals surface area contributed by atoms with Gasteiger partial charge in [0, 0.05) is 44.8 Å². The molecule has 3 heteroatoms. The fraction of sp³-hybridized carbons (Fsp3) is 1.00. The summed E-state index contributed by atoms with van der Waals surface area (Å²) in [6.45, 7) is 15.8. The number of nitrogens with zero attached hydrogens (tertiary/aromatic N) is 2. The molecule has 2 rings (SSSR count). The van der Waals surface area contributed by atoms with Gasteiger partial charge in [0.25, 0.3) is 0 Å². The summed E-state index contributed by atoms with van der Waals surface area (Å²) in [5, 5.41) is 3.43. The number of nitrogens with one attached hydrogen (secondary N) is 1. The molecule has 0 amide bonds. The van der Waals surface area contributed by atoms with Crippen LogP contribution in [0.1, 0.15) is 33.6 Å². The highest BCUT2D eigenvalue weighted by atomic mass is 15.3. The molecule has 0 aromatic heterocycles. The van der Waals surface area contributed by atoms with Crippen LogP contribution in [0.15, 0.2) is 0 Å². The average Bonchev–Trinajstić information content (AvgIpc) is 2.30. The maximum Gasteiger partial charge on any atom is 0.0280 e. The van der Waals surface area contributed by atoms with Crippen molar-refractivity contribution in [1.29, 1.82) is 0 Å². The minimum absolute atomic E-state index is 0.339. The summed E-state index contributed by atoms with van der Waals surface area (Å²) >= 11 is 0. The minimum Gasteiger partial charge on any atom is -0.314 e. The molecular formula is C14H29N3. The van der Waals surface area contributed by atoms with Gasteiger partial charge < -0.3 is 5.32 Å². The standard InChI is InChI=1S/C14H29N3/c1-13-5-4-8-17(11-13)14(2,3)12-16-9-6-15-7-10-16/h13,15H,4-12H2,1-3H3. The lowest BCUT2D eigenvalue weighted by atomic mass is 9.93. The Labute approximate surface area is 107 Å². The Hall–Kier alpha value is -0.120. The van der Waals surface area contributed by atoms with Crippen molar-refractivity contribution in [2.24, 2.45) is 5.92 Å². The van der Waals surface area contributed by atoms with Crippen molar-refractivity contribution in [3.8, 4) is 0 Å². The summed E-state index contributed by atoms with van der Waals surface area (Å²) < 4.78 is 0. The van der Waals surface area contributed by atoms with Gasteiger partial charge in [0.15, 0.2) is 0 Å². The lowest BCUT2D eigenvalue weighted by molar-refractivity contribution is 0.0376. The van der Waals surface area contributed by atoms with E-state index in [1.165, 1.54) is 45.6 Å². The zero-order valence-corrected chi connectivity index (χ0v) is 11.8. The summed E-state index contributed by atoms with van der Waals surface area (Å²) in [5.41, 5.74) is 0.339. The van der Waals surface area contributed by atoms with E-state index in [1.807, 2.05) is 0 Å². The highest BCUT2D eigenvalue weighted by Gasteiger charge is 2.31. The summed E-state index contributed by atoms with van der Waals surface area (Å²) in [4.78, 5) is 5.33. The van der Waals surface area contributed by atoms with Crippen LogP contribution < -0.4 is 5.32 Å². The highest BCUT2D eigenvalue weighted by Crippen LogP contribution is 2.24. The quantitative estimate of drug-likeness (QED) is 0.803. The third kappa shape index (κ3) is 3.67. The lowest BCUT2D eigenvalue weighted by Crippen LogP contribution is -2.57. The van der Waals surface area contributed by atoms with Gasteiger partial charge in [0.2, 0.25) is 0 Å². The normalized spacial score (nSPS) is 29.5. The van der Waals surface area contributed by atoms with E-state index in [2.05, 4.69) is 35.9 Å². The average molecular weight is 239 g/mol. The zero-order chi connectivity index (χ0) is 12.3. The second kappa shape index (κ2) is 5.68. The minimum atomic E-state index is 0.339. The summed E-state index contributed by atoms with van der Waals surface area (Å²) in [5.74, 6) is 0.881. The molecule has 1 atom stereocenters. The van der Waals surface area contributed by atoms with Crippen LogP contribution in [0.25, 0.3) is 0 Å². The molecule has 1 unspecified atom stereocenters. The molecule has 2 saturated heterocycles. The third-order valence-corrected chi connectivity index (χ3v) is 4.33. The Morgan fingerprint density at radius 1 is 1.18 bits per heavy atom. The third-order valence-electron chi connectivity index (χ3n) is 4.33. The van der Waals surface area contributed by atoms with Crippen molar-refractivity contribution >= 4 is 0 Å². The molecule has 17 heavy (non-hydrogen) atoms. The van der Waals surface area contributed by atoms with Crippen LogP contribution in [-0.4, -0.2) is 61.2 Å². The van der Waals surface area contributed by atoms with E-state index in [4.69, 9.17) is 0 Å². The van der Waals surface area contributed by atoms with Crippen molar-refractivity contribution in [3.63, 3.8) is 0 Å². The molecule has 2 fully saturated rings. The van der Waals surface area contributed by atoms with Gasteiger partial charge in [-0.25, -0.2) is 0 Å². The van der Waals surface area contributed by atoms with E-state index in [0.29, 0.717) is 5.54 Å². The second-order valence-corrected chi connectivity index (χ2v) is 6.53. The van der Waals surface area contributed by atoms with Crippen LogP contribution in [0.5, 0.6) is 0 Å². The molecule has 0 radical (unpaired) electrons. The van der Waals surface area contributed by atoms with Crippen molar-refractivity contribution < 1.29 is 0 Å². The molecule has 0 aromatic rings. The van der Waals surface area contributed by atoms with Crippen LogP contribution in [0.4, 0.5) is 0 Å². The van der Waals surface area contributed by atoms with Crippen LogP contribution in [-0.2, 0) is 0 Å². The SMILES string of the molecule is CC1CCCN(C(C)(C)CN2CCNCC2)C1. The molecule has 3 nitrogen and oxygen atoms in total. The first-order chi connectivity index (χ1) is 8.08. The summed E-state index contributed by atoms with van der Waals surface area (Å²) in [6.07, 6.45) is 2.80. The van der Waals surface area contributed by atoms with E-state index in [-0.39, 0.29) is 0 Å². The molecule has 0 aliphatic carbocycles. The molecule has 0 aromatic carbocycles. The van der Waals surface area contributed by atoms with Crippen molar-refractivity contribution in [3.05, 3.63) is 0 Å². The van der Waals surface area contributed by atoms with Gasteiger partial charge >= 0.3 is 0 Å². The Kier molecular flexibility index (Phi) is 4.45. The lowest BCUT2D eigenvalue weighted by Gasteiger charge is -2.46. The summed E-state index contributed by atoms with van der Waals surface area (Å²) in [6, 6.07) is 0. The van der Waals surface area contributed by atoms with E-state index in [9.17, 15) is 0 Å². The summed E-state index contributed by atoms with van der Waals surface area (Å²) in [7, 11) is 0. The van der Waals surface area contributed by atoms with Crippen LogP contribution in [0.3, 0.4) is 0 Å². The topological polar surface area (TPSA) is 18.5 Å². The molecular weight excluding hydrogens is 210 g/mol. The first kappa shape index (κ1) is 13.3. The Bertz CT molecular complexity index is 234. The van der Waals surface area contributed by atoms with E-state index < -0.39 is 0 Å². The maximum atomic E-state index is 3.43. The monoisotopic (exact) mass is 239 g/mol. The molecule has 100 valence electrons. The number of piperazine rings is 1. The van der Waals surface area contributed by atoms with Gasteiger partial charge in [-0.15, -0.1) is 0 Å². The fourth-order valence-electron chi connectivity index (χ4n) is 3.26. The van der Waals surface area contributed by atoms with Crippen LogP contribution >= 0.6 is 0 Å². The second-order valence-electron chi connectivity index (χ2n) is 6.53. The number of rotatable bonds is 3. The molecule has 1 N–H and O–H groups in total. The van der Waals surface area contributed by atoms with Crippen molar-refractivity contribution in [2.45, 2.75) is 39.2 Å². The van der Waals surface area contributed by atoms with E-state index >= 15 is 0 Å². The predicted octanol–water partition coefficient (Wildman–Crippen LogP) is 1.40. The largest absolute Gasteiger partial charge is 0.314 e. The van der Waals surface area contributed by atoms with Gasteiger partial charge in [-0.05, 0) is 39.2 Å². The van der Waals surface area contributed by atoms with Gasteiger partial charge in [-0.2, -0.15) is 0 Å². The molecule has 0 spiro atoms. The van der Waals surface area contributed by atoms with Crippen molar-refractivity contribution in [2.75, 3.05) is 45.8 Å². The maximum absolute atomic E-state index is 3.43. The first-order valence-corrected chi connectivity index (χ1v) is 7.26. The van der Waals surface area contributed by atoms with Gasteiger partial charge in [-0.3, -0.25) is 9.80 Å². The predicted molar refractivity (Wildman–Crippen MR) is 73.4 cm³/mol. The van der Waals surface area contributed by atoms with Crippen LogP contribution in [0.2, 0.25) is 0 Å². The molecule has 0 saturated carbocycles. The van der Waals surface area contributed by atoms with Gasteiger partial charge in [-0.1, -0.05) is 6.92 Å². The number of hydrogen-bond donors (Lipinski definition) is 1. The highest BCUT2D eigenvalue weighted by molar-refractivity contribution is 4.89. The number of hydrogen-bond acceptors (Lipinski definition) is 3. The fourth-order valence-corrected chi connectivity index (χ4v) is 3.26. The van der Waals surface area contributed by atoms with Crippen molar-refractivity contribution in [1.82, 2.24) is 15.1 Å². The Morgan fingerprint density at radius 2 is 1.88 bits per heavy atom. The Morgan fingerprint density at radius 3 is 2.53 bits per heavy atom. The van der Waals surface area contributed by atoms with Gasteiger partial charge in [0.05, 0.1) is 0 Å². The van der Waals surface area contributed by atoms with Crippen LogP contribution in [0, 0.1) is 5.92 Å². The smallest absolute Gasteiger partial charge is 0.0280 e. The molecule has 2 aliphatic heterocycles. The number of piperidine rings is 1. The molecule has 2 aliphatic rings. The van der Waals surface area contributed by atoms with E-state index in [1.54, 1.807) is 0 Å². The Balaban J connectivity index is 1.87. The first-order valence-electron chi connectivity index (χ1n) is 7.26.